The Morgan fingerprint density at radius 3 is 1.83 bits per heavy atom. The van der Waals surface area contributed by atoms with E-state index in [1.165, 1.54) is 0 Å². The predicted octanol–water partition coefficient (Wildman–Crippen LogP) is 2.74. The monoisotopic (exact) mass is 313 g/mol. The van der Waals surface area contributed by atoms with Crippen LogP contribution in [0.1, 0.15) is 11.1 Å². The van der Waals surface area contributed by atoms with E-state index in [-0.39, 0.29) is 0 Å². The summed E-state index contributed by atoms with van der Waals surface area (Å²) < 4.78 is 15.6. The molecule has 0 aromatic heterocycles. The fourth-order valence-electron chi connectivity index (χ4n) is 2.15. The number of carbonyl (C=O) groups excluding carboxylic acids is 1. The second kappa shape index (κ2) is 7.35. The molecule has 1 amide bonds. The van der Waals surface area contributed by atoms with Gasteiger partial charge in [-0.2, -0.15) is 0 Å². The van der Waals surface area contributed by atoms with Crippen molar-refractivity contribution in [1.29, 1.82) is 0 Å². The van der Waals surface area contributed by atoms with E-state index in [1.807, 2.05) is 0 Å². The molecule has 2 N–H and O–H groups in total. The molecule has 0 saturated heterocycles. The maximum atomic E-state index is 11.8. The highest BCUT2D eigenvalue weighted by Crippen LogP contribution is 2.26. The Kier molecular flexibility index (Phi) is 5.25. The van der Waals surface area contributed by atoms with E-state index in [0.29, 0.717) is 28.4 Å². The number of carbonyl (C=O) groups is 1. The van der Waals surface area contributed by atoms with Crippen LogP contribution in [0.5, 0.6) is 17.2 Å². The van der Waals surface area contributed by atoms with Crippen LogP contribution in [0.15, 0.2) is 42.5 Å². The maximum absolute atomic E-state index is 11.8. The molecule has 0 bridgehead atoms. The van der Waals surface area contributed by atoms with E-state index in [9.17, 15) is 4.79 Å². The van der Waals surface area contributed by atoms with Crippen molar-refractivity contribution in [1.82, 2.24) is 0 Å². The highest BCUT2D eigenvalue weighted by molar-refractivity contribution is 6.23. The average molecular weight is 313 g/mol. The molecule has 0 fully saturated rings. The minimum absolute atomic E-state index is 0.392. The van der Waals surface area contributed by atoms with Gasteiger partial charge in [0.2, 0.25) is 5.91 Å². The van der Waals surface area contributed by atoms with E-state index in [1.54, 1.807) is 69.9 Å². The first-order chi connectivity index (χ1) is 11.1. The van der Waals surface area contributed by atoms with Crippen LogP contribution in [0.3, 0.4) is 0 Å². The van der Waals surface area contributed by atoms with Gasteiger partial charge in [-0.25, -0.2) is 0 Å². The highest BCUT2D eigenvalue weighted by atomic mass is 16.5. The van der Waals surface area contributed by atoms with Gasteiger partial charge in [0.15, 0.2) is 0 Å². The number of rotatable bonds is 6. The number of hydrogen-bond acceptors (Lipinski definition) is 4. The predicted molar refractivity (Wildman–Crippen MR) is 89.6 cm³/mol. The van der Waals surface area contributed by atoms with Crippen LogP contribution in [-0.2, 0) is 4.79 Å². The fourth-order valence-corrected chi connectivity index (χ4v) is 2.15. The first-order valence-electron chi connectivity index (χ1n) is 6.96. The van der Waals surface area contributed by atoms with Gasteiger partial charge < -0.3 is 19.9 Å². The van der Waals surface area contributed by atoms with Crippen LogP contribution < -0.4 is 19.9 Å². The van der Waals surface area contributed by atoms with Crippen LogP contribution in [0.4, 0.5) is 0 Å². The largest absolute Gasteiger partial charge is 0.497 e. The SMILES string of the molecule is COc1ccc(/C(=C/c2cc(OC)cc(OC)c2)C(N)=O)cc1. The van der Waals surface area contributed by atoms with Crippen LogP contribution in [-0.4, -0.2) is 27.2 Å². The number of methoxy groups -OCH3 is 3. The van der Waals surface area contributed by atoms with Crippen molar-refractivity contribution in [3.8, 4) is 17.2 Å². The molecular formula is C18H19NO4. The highest BCUT2D eigenvalue weighted by Gasteiger charge is 2.10. The summed E-state index contributed by atoms with van der Waals surface area (Å²) in [5.41, 5.74) is 7.38. The second-order valence-electron chi connectivity index (χ2n) is 4.80. The van der Waals surface area contributed by atoms with Crippen LogP contribution in [0, 0.1) is 0 Å². The van der Waals surface area contributed by atoms with Gasteiger partial charge in [-0.3, -0.25) is 4.79 Å². The van der Waals surface area contributed by atoms with Crippen molar-refractivity contribution in [2.75, 3.05) is 21.3 Å². The molecule has 2 aromatic rings. The number of primary amides is 1. The minimum atomic E-state index is -0.517. The molecule has 0 saturated carbocycles. The standard InChI is InChI=1S/C18H19NO4/c1-21-14-6-4-13(5-7-14)17(18(19)20)10-12-8-15(22-2)11-16(9-12)23-3/h4-11H,1-3H3,(H2,19,20)/b17-10-. The molecule has 0 atom stereocenters. The Hall–Kier alpha value is -2.95. The average Bonchev–Trinajstić information content (AvgIpc) is 2.59. The minimum Gasteiger partial charge on any atom is -0.497 e. The molecule has 0 spiro atoms. The van der Waals surface area contributed by atoms with E-state index in [4.69, 9.17) is 19.9 Å². The lowest BCUT2D eigenvalue weighted by atomic mass is 10.0. The Balaban J connectivity index is 2.48. The van der Waals surface area contributed by atoms with Crippen molar-refractivity contribution >= 4 is 17.6 Å². The van der Waals surface area contributed by atoms with Gasteiger partial charge in [0.1, 0.15) is 17.2 Å². The Bertz CT molecular complexity index is 698. The molecule has 0 aliphatic rings. The zero-order valence-corrected chi connectivity index (χ0v) is 13.3. The van der Waals surface area contributed by atoms with Gasteiger partial charge in [-0.15, -0.1) is 0 Å². The summed E-state index contributed by atoms with van der Waals surface area (Å²) in [4.78, 5) is 11.8. The van der Waals surface area contributed by atoms with E-state index in [2.05, 4.69) is 0 Å². The summed E-state index contributed by atoms with van der Waals surface area (Å²) in [6, 6.07) is 12.5. The molecule has 120 valence electrons. The van der Waals surface area contributed by atoms with E-state index >= 15 is 0 Å². The zero-order valence-electron chi connectivity index (χ0n) is 13.3. The van der Waals surface area contributed by atoms with Crippen LogP contribution >= 0.6 is 0 Å². The number of nitrogens with two attached hydrogens (primary N) is 1. The lowest BCUT2D eigenvalue weighted by Gasteiger charge is -2.08. The molecule has 2 rings (SSSR count). The number of hydrogen-bond donors (Lipinski definition) is 1. The topological polar surface area (TPSA) is 70.8 Å². The smallest absolute Gasteiger partial charge is 0.249 e. The summed E-state index contributed by atoms with van der Waals surface area (Å²) >= 11 is 0. The van der Waals surface area contributed by atoms with Crippen LogP contribution in [0.25, 0.3) is 11.6 Å². The molecule has 23 heavy (non-hydrogen) atoms. The van der Waals surface area contributed by atoms with Gasteiger partial charge in [-0.1, -0.05) is 12.1 Å². The molecule has 0 heterocycles. The van der Waals surface area contributed by atoms with Gasteiger partial charge >= 0.3 is 0 Å². The van der Waals surface area contributed by atoms with Gasteiger partial charge in [0.25, 0.3) is 0 Å². The number of benzene rings is 2. The quantitative estimate of drug-likeness (QED) is 0.657. The summed E-state index contributed by atoms with van der Waals surface area (Å²) in [6.45, 7) is 0. The molecule has 0 aliphatic carbocycles. The molecule has 0 radical (unpaired) electrons. The van der Waals surface area contributed by atoms with Gasteiger partial charge in [0, 0.05) is 11.6 Å². The Morgan fingerprint density at radius 2 is 1.39 bits per heavy atom. The lowest BCUT2D eigenvalue weighted by Crippen LogP contribution is -2.12. The molecule has 5 heteroatoms. The van der Waals surface area contributed by atoms with Crippen LogP contribution in [0.2, 0.25) is 0 Å². The molecule has 0 aliphatic heterocycles. The molecule has 0 unspecified atom stereocenters. The fraction of sp³-hybridized carbons (Fsp3) is 0.167. The van der Waals surface area contributed by atoms with Crippen molar-refractivity contribution < 1.29 is 19.0 Å². The normalized spacial score (nSPS) is 11.0. The van der Waals surface area contributed by atoms with E-state index in [0.717, 1.165) is 5.56 Å². The molecule has 5 nitrogen and oxygen atoms in total. The van der Waals surface area contributed by atoms with Crippen molar-refractivity contribution in [3.63, 3.8) is 0 Å². The van der Waals surface area contributed by atoms with Crippen molar-refractivity contribution in [2.24, 2.45) is 5.73 Å². The summed E-state index contributed by atoms with van der Waals surface area (Å²) in [5, 5.41) is 0. The van der Waals surface area contributed by atoms with E-state index < -0.39 is 5.91 Å². The summed E-state index contributed by atoms with van der Waals surface area (Å²) in [5.74, 6) is 1.46. The Morgan fingerprint density at radius 1 is 0.870 bits per heavy atom. The van der Waals surface area contributed by atoms with Crippen molar-refractivity contribution in [2.45, 2.75) is 0 Å². The van der Waals surface area contributed by atoms with Crippen molar-refractivity contribution in [3.05, 3.63) is 53.6 Å². The lowest BCUT2D eigenvalue weighted by molar-refractivity contribution is -0.112. The third-order valence-electron chi connectivity index (χ3n) is 3.35. The van der Waals surface area contributed by atoms with Gasteiger partial charge in [-0.05, 0) is 41.5 Å². The Labute approximate surface area is 135 Å². The number of ether oxygens (including phenoxy) is 3. The summed E-state index contributed by atoms with van der Waals surface area (Å²) in [7, 11) is 4.73. The molecule has 2 aromatic carbocycles. The second-order valence-corrected chi connectivity index (χ2v) is 4.80. The van der Waals surface area contributed by atoms with Gasteiger partial charge in [0.05, 0.1) is 21.3 Å². The number of amides is 1. The summed E-state index contributed by atoms with van der Waals surface area (Å²) in [6.07, 6.45) is 1.70. The first kappa shape index (κ1) is 16.4. The third-order valence-corrected chi connectivity index (χ3v) is 3.35. The maximum Gasteiger partial charge on any atom is 0.249 e. The zero-order chi connectivity index (χ0) is 16.8. The third kappa shape index (κ3) is 4.03. The first-order valence-corrected chi connectivity index (χ1v) is 6.96. The molecular weight excluding hydrogens is 294 g/mol.